The molecule has 4 aromatic carbocycles. The molecule has 2 atom stereocenters. The van der Waals surface area contributed by atoms with Gasteiger partial charge in [0.25, 0.3) is 5.43 Å². The zero-order valence-electron chi connectivity index (χ0n) is 21.2. The molecule has 4 aromatic rings. The van der Waals surface area contributed by atoms with Crippen molar-refractivity contribution < 1.29 is 19.1 Å². The van der Waals surface area contributed by atoms with Gasteiger partial charge in [0.2, 0.25) is 11.3 Å². The lowest BCUT2D eigenvalue weighted by molar-refractivity contribution is -0.152. The number of thioether (sulfide) groups is 1. The molecule has 2 heterocycles. The number of benzene rings is 3. The van der Waals surface area contributed by atoms with Gasteiger partial charge in [0.05, 0.1) is 5.56 Å². The van der Waals surface area contributed by atoms with Crippen molar-refractivity contribution >= 4 is 29.2 Å². The third kappa shape index (κ3) is 4.43. The summed E-state index contributed by atoms with van der Waals surface area (Å²) in [7, 11) is 0. The molecule has 0 bridgehead atoms. The first-order chi connectivity index (χ1) is 19.5. The molecule has 0 aromatic heterocycles. The van der Waals surface area contributed by atoms with Gasteiger partial charge in [-0.05, 0) is 16.7 Å². The van der Waals surface area contributed by atoms with Crippen molar-refractivity contribution in [2.24, 2.45) is 5.73 Å². The van der Waals surface area contributed by atoms with Gasteiger partial charge in [-0.1, -0.05) is 91.0 Å². The van der Waals surface area contributed by atoms with E-state index in [1.54, 1.807) is 0 Å². The zero-order valence-corrected chi connectivity index (χ0v) is 22.0. The van der Waals surface area contributed by atoms with Crippen LogP contribution in [0.3, 0.4) is 0 Å². The number of esters is 1. The maximum absolute atomic E-state index is 13.9. The van der Waals surface area contributed by atoms with Gasteiger partial charge in [-0.15, -0.1) is 11.8 Å². The number of amides is 1. The molecule has 0 aliphatic carbocycles. The minimum atomic E-state index is -0.791. The summed E-state index contributed by atoms with van der Waals surface area (Å²) in [5.74, 6) is -1.18. The third-order valence-electron chi connectivity index (χ3n) is 7.03. The van der Waals surface area contributed by atoms with Crippen LogP contribution < -0.4 is 21.3 Å². The molecule has 1 unspecified atom stereocenters. The van der Waals surface area contributed by atoms with Gasteiger partial charge in [-0.3, -0.25) is 19.3 Å². The summed E-state index contributed by atoms with van der Waals surface area (Å²) in [4.78, 5) is 53.5. The molecule has 2 aliphatic rings. The zero-order chi connectivity index (χ0) is 27.8. The van der Waals surface area contributed by atoms with Crippen LogP contribution in [0.1, 0.15) is 28.4 Å². The fraction of sp³-hybridized carbons (Fsp3) is 0.161. The number of β-lactam (4-membered cyclic amide) rings is 1. The van der Waals surface area contributed by atoms with Gasteiger partial charge in [-0.2, -0.15) is 0 Å². The van der Waals surface area contributed by atoms with E-state index in [0.29, 0.717) is 0 Å². The Morgan fingerprint density at radius 3 is 2.05 bits per heavy atom. The number of hydrogen-bond donors (Lipinski definition) is 1. The van der Waals surface area contributed by atoms with Crippen LogP contribution in [0, 0.1) is 0 Å². The molecular weight excluding hydrogens is 528 g/mol. The Balaban J connectivity index is 1.40. The first-order valence-electron chi connectivity index (χ1n) is 12.7. The topological polar surface area (TPSA) is 116 Å². The number of rotatable bonds is 8. The number of fused-ring (bicyclic) bond motifs is 1. The average Bonchev–Trinajstić information content (AvgIpc) is 3.01. The van der Waals surface area contributed by atoms with E-state index in [1.807, 2.05) is 91.0 Å². The highest BCUT2D eigenvalue weighted by molar-refractivity contribution is 8.00. The first-order valence-corrected chi connectivity index (χ1v) is 13.7. The van der Waals surface area contributed by atoms with Gasteiger partial charge in [0.1, 0.15) is 23.7 Å². The summed E-state index contributed by atoms with van der Waals surface area (Å²) in [6, 6.07) is 26.9. The fourth-order valence-electron chi connectivity index (χ4n) is 4.96. The molecule has 0 saturated carbocycles. The van der Waals surface area contributed by atoms with Crippen LogP contribution >= 0.6 is 11.8 Å². The lowest BCUT2D eigenvalue weighted by Gasteiger charge is -2.48. The van der Waals surface area contributed by atoms with Crippen molar-refractivity contribution in [3.8, 4) is 5.75 Å². The highest BCUT2D eigenvalue weighted by atomic mass is 32.2. The molecule has 9 heteroatoms. The van der Waals surface area contributed by atoms with Crippen molar-refractivity contribution in [2.75, 3.05) is 5.75 Å². The highest BCUT2D eigenvalue weighted by Gasteiger charge is 2.53. The maximum Gasteiger partial charge on any atom is 0.356 e. The second kappa shape index (κ2) is 10.6. The molecule has 200 valence electrons. The highest BCUT2D eigenvalue weighted by Crippen LogP contribution is 2.44. The third-order valence-corrected chi connectivity index (χ3v) is 8.33. The Morgan fingerprint density at radius 1 is 0.875 bits per heavy atom. The lowest BCUT2D eigenvalue weighted by Crippen LogP contribution is -2.68. The van der Waals surface area contributed by atoms with E-state index in [9.17, 15) is 19.2 Å². The molecule has 1 fully saturated rings. The second-order valence-electron chi connectivity index (χ2n) is 9.51. The number of nitrogens with two attached hydrogens (primary N) is 1. The Hall–Kier alpha value is -4.47. The second-order valence-corrected chi connectivity index (χ2v) is 10.6. The monoisotopic (exact) mass is 552 g/mol. The van der Waals surface area contributed by atoms with Crippen LogP contribution in [0.2, 0.25) is 0 Å². The molecule has 1 saturated heterocycles. The van der Waals surface area contributed by atoms with Crippen molar-refractivity contribution in [2.45, 2.75) is 24.1 Å². The number of carbonyl (C=O) groups excluding carboxylic acids is 2. The molecule has 6 rings (SSSR count). The van der Waals surface area contributed by atoms with E-state index < -0.39 is 40.3 Å². The summed E-state index contributed by atoms with van der Waals surface area (Å²) in [6.07, 6.45) is -0.775. The van der Waals surface area contributed by atoms with Crippen molar-refractivity contribution in [3.05, 3.63) is 139 Å². The molecule has 0 radical (unpaired) electrons. The van der Waals surface area contributed by atoms with Gasteiger partial charge in [-0.25, -0.2) is 4.79 Å². The minimum absolute atomic E-state index is 0.00285. The molecule has 40 heavy (non-hydrogen) atoms. The smallest absolute Gasteiger partial charge is 0.356 e. The summed E-state index contributed by atoms with van der Waals surface area (Å²) in [5.41, 5.74) is 6.94. The molecular formula is C31H24N2O6S. The van der Waals surface area contributed by atoms with E-state index in [2.05, 4.69) is 0 Å². The molecule has 2 aliphatic heterocycles. The summed E-state index contributed by atoms with van der Waals surface area (Å²) in [6.45, 7) is 0.0686. The van der Waals surface area contributed by atoms with E-state index in [1.165, 1.54) is 16.7 Å². The van der Waals surface area contributed by atoms with Crippen LogP contribution in [0.5, 0.6) is 5.75 Å². The number of ether oxygens (including phenoxy) is 2. The van der Waals surface area contributed by atoms with Gasteiger partial charge in [0.15, 0.2) is 11.9 Å². The molecule has 0 spiro atoms. The van der Waals surface area contributed by atoms with Gasteiger partial charge < -0.3 is 15.2 Å². The van der Waals surface area contributed by atoms with Crippen LogP contribution in [-0.2, 0) is 20.9 Å². The van der Waals surface area contributed by atoms with Crippen LogP contribution in [0.15, 0.2) is 106 Å². The normalized spacial score (nSPS) is 18.4. The van der Waals surface area contributed by atoms with Crippen molar-refractivity contribution in [1.82, 2.24) is 4.90 Å². The SMILES string of the molecule is NC1C(=O)N2C(C(=O)OC(c3ccccc3)c3ccccc3)=C(c3c(OCc4ccccc4)c(=O)c3=O)CS[C@@H]12. The predicted octanol–water partition coefficient (Wildman–Crippen LogP) is 3.15. The van der Waals surface area contributed by atoms with E-state index in [4.69, 9.17) is 15.2 Å². The predicted molar refractivity (Wildman–Crippen MR) is 151 cm³/mol. The Labute approximate surface area is 233 Å². The van der Waals surface area contributed by atoms with Gasteiger partial charge >= 0.3 is 5.97 Å². The lowest BCUT2D eigenvalue weighted by atomic mass is 9.95. The van der Waals surface area contributed by atoms with E-state index >= 15 is 0 Å². The van der Waals surface area contributed by atoms with Crippen LogP contribution in [0.4, 0.5) is 0 Å². The van der Waals surface area contributed by atoms with E-state index in [-0.39, 0.29) is 34.9 Å². The molecule has 2 N–H and O–H groups in total. The summed E-state index contributed by atoms with van der Waals surface area (Å²) in [5, 5.41) is -0.481. The van der Waals surface area contributed by atoms with Crippen molar-refractivity contribution in [1.29, 1.82) is 0 Å². The van der Waals surface area contributed by atoms with Crippen molar-refractivity contribution in [3.63, 3.8) is 0 Å². The van der Waals surface area contributed by atoms with Crippen LogP contribution in [0.25, 0.3) is 5.57 Å². The van der Waals surface area contributed by atoms with E-state index in [0.717, 1.165) is 16.7 Å². The largest absolute Gasteiger partial charge is 0.484 e. The standard InChI is InChI=1S/C31H24N2O6S/c32-23-29(36)33-24(31(37)39-27(19-12-6-2-7-13-19)20-14-8-3-9-15-20)21(17-40-30(23)33)22-25(34)26(35)28(22)38-16-18-10-4-1-5-11-18/h1-15,23,27,30H,16-17,32H2/t23?,30-/m0/s1. The average molecular weight is 553 g/mol. The number of nitrogens with zero attached hydrogens (tertiary/aromatic N) is 1. The Kier molecular flexibility index (Phi) is 6.83. The molecule has 1 amide bonds. The Bertz CT molecular complexity index is 1640. The first kappa shape index (κ1) is 25.8. The van der Waals surface area contributed by atoms with Gasteiger partial charge in [0, 0.05) is 11.3 Å². The quantitative estimate of drug-likeness (QED) is 0.201. The number of carbonyl (C=O) groups is 2. The maximum atomic E-state index is 13.9. The fourth-order valence-corrected chi connectivity index (χ4v) is 6.26. The molecule has 8 nitrogen and oxygen atoms in total. The Morgan fingerprint density at radius 2 is 1.45 bits per heavy atom. The minimum Gasteiger partial charge on any atom is -0.484 e. The number of hydrogen-bond acceptors (Lipinski definition) is 8. The summed E-state index contributed by atoms with van der Waals surface area (Å²) >= 11 is 1.32. The summed E-state index contributed by atoms with van der Waals surface area (Å²) < 4.78 is 11.8. The van der Waals surface area contributed by atoms with Crippen LogP contribution in [-0.4, -0.2) is 33.9 Å².